The first-order valence-corrected chi connectivity index (χ1v) is 7.39. The van der Waals surface area contributed by atoms with Crippen molar-refractivity contribution >= 4 is 8.80 Å². The summed E-state index contributed by atoms with van der Waals surface area (Å²) in [5.41, 5.74) is 0. The molecular weight excluding hydrogens is 196 g/mol. The van der Waals surface area contributed by atoms with Crippen molar-refractivity contribution in [2.75, 3.05) is 19.8 Å². The number of hydrogen-bond donors (Lipinski definition) is 0. The molecule has 0 N–H and O–H groups in total. The Balaban J connectivity index is 4.21. The summed E-state index contributed by atoms with van der Waals surface area (Å²) in [5, 5.41) is 0. The highest BCUT2D eigenvalue weighted by Crippen LogP contribution is 2.18. The highest BCUT2D eigenvalue weighted by atomic mass is 28.4. The zero-order valence-corrected chi connectivity index (χ0v) is 10.7. The van der Waals surface area contributed by atoms with Gasteiger partial charge in [-0.2, -0.15) is 0 Å². The number of rotatable bonds is 9. The molecule has 0 aliphatic rings. The maximum Gasteiger partial charge on any atom is 0.500 e. The van der Waals surface area contributed by atoms with E-state index in [1.807, 2.05) is 20.8 Å². The van der Waals surface area contributed by atoms with Gasteiger partial charge in [0.25, 0.3) is 0 Å². The molecule has 1 radical (unpaired) electrons. The standard InChI is InChI=1S/C10H23O3Si/c1-5-9-10-14(11-6-2,12-7-3)13-8-4/h1,5-10H2,2-4H3. The van der Waals surface area contributed by atoms with Gasteiger partial charge in [0.1, 0.15) is 0 Å². The number of unbranched alkanes of at least 4 members (excludes halogenated alkanes) is 1. The lowest BCUT2D eigenvalue weighted by Crippen LogP contribution is -2.45. The van der Waals surface area contributed by atoms with Crippen molar-refractivity contribution < 1.29 is 13.3 Å². The minimum atomic E-state index is -2.36. The number of hydrogen-bond acceptors (Lipinski definition) is 3. The zero-order valence-electron chi connectivity index (χ0n) is 9.67. The first kappa shape index (κ1) is 14.1. The van der Waals surface area contributed by atoms with Crippen molar-refractivity contribution in [3.63, 3.8) is 0 Å². The van der Waals surface area contributed by atoms with Gasteiger partial charge in [-0.1, -0.05) is 13.3 Å². The molecule has 0 aromatic carbocycles. The van der Waals surface area contributed by atoms with Gasteiger partial charge >= 0.3 is 8.80 Å². The maximum atomic E-state index is 5.68. The lowest BCUT2D eigenvalue weighted by Gasteiger charge is -2.28. The molecule has 0 rings (SSSR count). The Morgan fingerprint density at radius 3 is 1.64 bits per heavy atom. The second-order valence-electron chi connectivity index (χ2n) is 2.94. The molecule has 14 heavy (non-hydrogen) atoms. The van der Waals surface area contributed by atoms with Gasteiger partial charge in [0, 0.05) is 25.9 Å². The predicted octanol–water partition coefficient (Wildman–Crippen LogP) is 2.65. The van der Waals surface area contributed by atoms with E-state index in [1.54, 1.807) is 0 Å². The molecule has 0 saturated carbocycles. The molecule has 0 unspecified atom stereocenters. The van der Waals surface area contributed by atoms with Crippen molar-refractivity contribution in [3.8, 4) is 0 Å². The fourth-order valence-corrected chi connectivity index (χ4v) is 4.03. The SMILES string of the molecule is [CH2]CCC[Si](OCC)(OCC)OCC. The van der Waals surface area contributed by atoms with Gasteiger partial charge in [-0.05, 0) is 27.2 Å². The van der Waals surface area contributed by atoms with Crippen molar-refractivity contribution in [2.45, 2.75) is 39.7 Å². The second kappa shape index (κ2) is 8.41. The third-order valence-electron chi connectivity index (χ3n) is 1.83. The van der Waals surface area contributed by atoms with Gasteiger partial charge in [0.15, 0.2) is 0 Å². The van der Waals surface area contributed by atoms with E-state index in [4.69, 9.17) is 13.3 Å². The van der Waals surface area contributed by atoms with Crippen LogP contribution in [0.2, 0.25) is 6.04 Å². The van der Waals surface area contributed by atoms with Crippen LogP contribution in [0.3, 0.4) is 0 Å². The molecule has 0 aromatic rings. The average molecular weight is 219 g/mol. The lowest BCUT2D eigenvalue weighted by molar-refractivity contribution is 0.0709. The molecule has 0 bridgehead atoms. The summed E-state index contributed by atoms with van der Waals surface area (Å²) in [6, 6.07) is 0.881. The van der Waals surface area contributed by atoms with Crippen LogP contribution in [0, 0.1) is 6.92 Å². The van der Waals surface area contributed by atoms with E-state index in [0.717, 1.165) is 18.9 Å². The smallest absolute Gasteiger partial charge is 0.374 e. The van der Waals surface area contributed by atoms with E-state index in [1.165, 1.54) is 0 Å². The van der Waals surface area contributed by atoms with Crippen LogP contribution in [-0.4, -0.2) is 28.6 Å². The van der Waals surface area contributed by atoms with E-state index in [0.29, 0.717) is 19.8 Å². The fourth-order valence-electron chi connectivity index (χ4n) is 1.34. The Hall–Kier alpha value is 0.0969. The van der Waals surface area contributed by atoms with E-state index in [2.05, 4.69) is 6.92 Å². The van der Waals surface area contributed by atoms with Crippen molar-refractivity contribution in [3.05, 3.63) is 6.92 Å². The molecule has 4 heteroatoms. The van der Waals surface area contributed by atoms with Crippen molar-refractivity contribution in [1.29, 1.82) is 0 Å². The van der Waals surface area contributed by atoms with Crippen LogP contribution in [0.25, 0.3) is 0 Å². The summed E-state index contributed by atoms with van der Waals surface area (Å²) in [6.07, 6.45) is 1.91. The summed E-state index contributed by atoms with van der Waals surface area (Å²) >= 11 is 0. The fraction of sp³-hybridized carbons (Fsp3) is 0.900. The van der Waals surface area contributed by atoms with E-state index in [-0.39, 0.29) is 0 Å². The van der Waals surface area contributed by atoms with Crippen LogP contribution >= 0.6 is 0 Å². The zero-order chi connectivity index (χ0) is 10.9. The van der Waals surface area contributed by atoms with E-state index < -0.39 is 8.80 Å². The third-order valence-corrected chi connectivity index (χ3v) is 4.98. The molecule has 0 aliphatic heterocycles. The molecule has 85 valence electrons. The van der Waals surface area contributed by atoms with Crippen LogP contribution in [0.4, 0.5) is 0 Å². The van der Waals surface area contributed by atoms with Crippen LogP contribution in [-0.2, 0) is 13.3 Å². The van der Waals surface area contributed by atoms with Gasteiger partial charge in [-0.3, -0.25) is 0 Å². The van der Waals surface area contributed by atoms with Gasteiger partial charge in [0.05, 0.1) is 0 Å². The first-order chi connectivity index (χ1) is 6.74. The van der Waals surface area contributed by atoms with Gasteiger partial charge in [-0.15, -0.1) is 0 Å². The summed E-state index contributed by atoms with van der Waals surface area (Å²) in [5.74, 6) is 0. The third kappa shape index (κ3) is 5.10. The Kier molecular flexibility index (Phi) is 8.47. The molecule has 3 nitrogen and oxygen atoms in total. The highest BCUT2D eigenvalue weighted by molar-refractivity contribution is 6.60. The Morgan fingerprint density at radius 1 is 0.929 bits per heavy atom. The Bertz CT molecular complexity index is 114. The Morgan fingerprint density at radius 2 is 1.36 bits per heavy atom. The molecule has 0 amide bonds. The quantitative estimate of drug-likeness (QED) is 0.558. The second-order valence-corrected chi connectivity index (χ2v) is 5.67. The van der Waals surface area contributed by atoms with Crippen LogP contribution in [0.15, 0.2) is 0 Å². The molecule has 0 fully saturated rings. The molecular formula is C10H23O3Si. The minimum Gasteiger partial charge on any atom is -0.374 e. The molecule has 0 atom stereocenters. The van der Waals surface area contributed by atoms with Gasteiger partial charge in [0.2, 0.25) is 0 Å². The molecule has 0 aliphatic carbocycles. The first-order valence-electron chi connectivity index (χ1n) is 5.45. The molecule has 0 aromatic heterocycles. The monoisotopic (exact) mass is 219 g/mol. The average Bonchev–Trinajstić information content (AvgIpc) is 2.16. The maximum absolute atomic E-state index is 5.68. The summed E-state index contributed by atoms with van der Waals surface area (Å²) in [6.45, 7) is 11.7. The summed E-state index contributed by atoms with van der Waals surface area (Å²) in [4.78, 5) is 0. The van der Waals surface area contributed by atoms with E-state index >= 15 is 0 Å². The van der Waals surface area contributed by atoms with Gasteiger partial charge in [-0.25, -0.2) is 0 Å². The largest absolute Gasteiger partial charge is 0.500 e. The van der Waals surface area contributed by atoms with Crippen molar-refractivity contribution in [2.24, 2.45) is 0 Å². The highest BCUT2D eigenvalue weighted by Gasteiger charge is 2.39. The van der Waals surface area contributed by atoms with Crippen LogP contribution in [0.1, 0.15) is 33.6 Å². The lowest BCUT2D eigenvalue weighted by atomic mass is 10.4. The van der Waals surface area contributed by atoms with Gasteiger partial charge < -0.3 is 13.3 Å². The topological polar surface area (TPSA) is 27.7 Å². The summed E-state index contributed by atoms with van der Waals surface area (Å²) < 4.78 is 17.0. The van der Waals surface area contributed by atoms with Crippen LogP contribution < -0.4 is 0 Å². The molecule has 0 heterocycles. The van der Waals surface area contributed by atoms with Crippen LogP contribution in [0.5, 0.6) is 0 Å². The van der Waals surface area contributed by atoms with Crippen molar-refractivity contribution in [1.82, 2.24) is 0 Å². The normalized spacial score (nSPS) is 12.0. The summed E-state index contributed by atoms with van der Waals surface area (Å²) in [7, 11) is -2.36. The predicted molar refractivity (Wildman–Crippen MR) is 60.0 cm³/mol. The Labute approximate surface area is 89.1 Å². The minimum absolute atomic E-state index is 0.656. The van der Waals surface area contributed by atoms with E-state index in [9.17, 15) is 0 Å². The molecule has 0 saturated heterocycles. The molecule has 0 spiro atoms.